The lowest BCUT2D eigenvalue weighted by atomic mass is 10.0. The number of halogens is 3. The predicted octanol–water partition coefficient (Wildman–Crippen LogP) is 1.91. The van der Waals surface area contributed by atoms with Crippen LogP contribution in [-0.4, -0.2) is 21.8 Å². The Labute approximate surface area is 90.6 Å². The number of aromatic nitrogens is 1. The molecule has 0 saturated heterocycles. The Bertz CT molecular complexity index is 341. The molecule has 2 N–H and O–H groups in total. The van der Waals surface area contributed by atoms with Gasteiger partial charge in [0, 0.05) is 24.6 Å². The van der Waals surface area contributed by atoms with Gasteiger partial charge >= 0.3 is 6.18 Å². The lowest BCUT2D eigenvalue weighted by Crippen LogP contribution is -2.12. The zero-order valence-corrected chi connectivity index (χ0v) is 8.41. The van der Waals surface area contributed by atoms with E-state index in [0.717, 1.165) is 18.5 Å². The smallest absolute Gasteiger partial charge is 0.396 e. The van der Waals surface area contributed by atoms with E-state index in [1.165, 1.54) is 0 Å². The van der Waals surface area contributed by atoms with E-state index in [1.54, 1.807) is 0 Å². The first-order chi connectivity index (χ1) is 7.46. The first-order valence-corrected chi connectivity index (χ1v) is 4.77. The molecule has 1 atom stereocenters. The van der Waals surface area contributed by atoms with E-state index in [0.29, 0.717) is 0 Å². The zero-order chi connectivity index (χ0) is 12.2. The Kier molecular flexibility index (Phi) is 4.26. The molecule has 0 aliphatic heterocycles. The quantitative estimate of drug-likeness (QED) is 0.838. The Morgan fingerprint density at radius 1 is 1.38 bits per heavy atom. The molecule has 3 nitrogen and oxygen atoms in total. The average Bonchev–Trinajstić information content (AvgIpc) is 2.24. The molecule has 0 radical (unpaired) electrons. The Morgan fingerprint density at radius 2 is 2.06 bits per heavy atom. The second-order valence-electron chi connectivity index (χ2n) is 3.34. The molecule has 1 rings (SSSR count). The summed E-state index contributed by atoms with van der Waals surface area (Å²) in [5.41, 5.74) is -1.13. The number of rotatable bonds is 4. The third kappa shape index (κ3) is 3.18. The zero-order valence-electron chi connectivity index (χ0n) is 8.41. The van der Waals surface area contributed by atoms with Gasteiger partial charge in [-0.3, -0.25) is 4.98 Å². The van der Waals surface area contributed by atoms with Gasteiger partial charge in [0.2, 0.25) is 0 Å². The second kappa shape index (κ2) is 5.27. The lowest BCUT2D eigenvalue weighted by molar-refractivity contribution is -0.139. The van der Waals surface area contributed by atoms with Crippen LogP contribution in [0.2, 0.25) is 0 Å². The number of aliphatic hydroxyl groups is 2. The van der Waals surface area contributed by atoms with E-state index in [4.69, 9.17) is 5.11 Å². The van der Waals surface area contributed by atoms with E-state index < -0.39 is 17.8 Å². The first kappa shape index (κ1) is 12.9. The molecule has 1 aromatic rings. The van der Waals surface area contributed by atoms with Crippen LogP contribution in [0.3, 0.4) is 0 Å². The van der Waals surface area contributed by atoms with Gasteiger partial charge in [-0.05, 0) is 18.9 Å². The van der Waals surface area contributed by atoms with Gasteiger partial charge in [0.05, 0.1) is 11.7 Å². The van der Waals surface area contributed by atoms with Crippen LogP contribution in [-0.2, 0) is 6.18 Å². The van der Waals surface area contributed by atoms with Crippen LogP contribution >= 0.6 is 0 Å². The second-order valence-corrected chi connectivity index (χ2v) is 3.34. The van der Waals surface area contributed by atoms with Crippen molar-refractivity contribution in [2.24, 2.45) is 0 Å². The maximum absolute atomic E-state index is 12.5. The predicted molar refractivity (Wildman–Crippen MR) is 50.5 cm³/mol. The van der Waals surface area contributed by atoms with Crippen molar-refractivity contribution < 1.29 is 23.4 Å². The molecule has 0 bridgehead atoms. The fraction of sp³-hybridized carbons (Fsp3) is 0.500. The minimum atomic E-state index is -4.50. The van der Waals surface area contributed by atoms with Crippen molar-refractivity contribution in [3.8, 4) is 0 Å². The Balaban J connectivity index is 2.94. The van der Waals surface area contributed by atoms with Crippen LogP contribution < -0.4 is 0 Å². The topological polar surface area (TPSA) is 53.4 Å². The highest BCUT2D eigenvalue weighted by Gasteiger charge is 2.34. The molecular formula is C10H12F3NO2. The number of aliphatic hydroxyl groups excluding tert-OH is 2. The number of hydrogen-bond donors (Lipinski definition) is 2. The van der Waals surface area contributed by atoms with Gasteiger partial charge in [0.1, 0.15) is 0 Å². The Hall–Kier alpha value is -1.14. The summed E-state index contributed by atoms with van der Waals surface area (Å²) in [5.74, 6) is 0. The summed E-state index contributed by atoms with van der Waals surface area (Å²) in [6.07, 6.45) is -3.40. The summed E-state index contributed by atoms with van der Waals surface area (Å²) in [5, 5.41) is 18.1. The highest BCUT2D eigenvalue weighted by Crippen LogP contribution is 2.34. The molecule has 90 valence electrons. The van der Waals surface area contributed by atoms with E-state index in [1.807, 2.05) is 0 Å². The molecule has 1 unspecified atom stereocenters. The summed E-state index contributed by atoms with van der Waals surface area (Å²) in [7, 11) is 0. The van der Waals surface area contributed by atoms with Crippen LogP contribution in [0.1, 0.15) is 30.1 Å². The fourth-order valence-electron chi connectivity index (χ4n) is 1.37. The van der Waals surface area contributed by atoms with Crippen molar-refractivity contribution >= 4 is 0 Å². The number of nitrogens with zero attached hydrogens (tertiary/aromatic N) is 1. The van der Waals surface area contributed by atoms with Crippen LogP contribution in [0, 0.1) is 0 Å². The molecule has 0 spiro atoms. The molecule has 1 aromatic heterocycles. The molecule has 0 aliphatic rings. The van der Waals surface area contributed by atoms with Crippen molar-refractivity contribution in [2.45, 2.75) is 25.1 Å². The minimum absolute atomic E-state index is 0.0747. The van der Waals surface area contributed by atoms with Gasteiger partial charge in [-0.1, -0.05) is 0 Å². The van der Waals surface area contributed by atoms with Crippen molar-refractivity contribution in [2.75, 3.05) is 6.61 Å². The van der Waals surface area contributed by atoms with Crippen molar-refractivity contribution in [1.82, 2.24) is 4.98 Å². The fourth-order valence-corrected chi connectivity index (χ4v) is 1.37. The van der Waals surface area contributed by atoms with E-state index in [2.05, 4.69) is 4.98 Å². The summed E-state index contributed by atoms with van der Waals surface area (Å²) in [4.78, 5) is 3.57. The SMILES string of the molecule is OCCCC(O)c1cnccc1C(F)(F)F. The molecule has 6 heteroatoms. The van der Waals surface area contributed by atoms with Crippen molar-refractivity contribution in [3.05, 3.63) is 29.6 Å². The highest BCUT2D eigenvalue weighted by molar-refractivity contribution is 5.28. The van der Waals surface area contributed by atoms with Gasteiger partial charge in [-0.2, -0.15) is 13.2 Å². The standard InChI is InChI=1S/C10H12F3NO2/c11-10(12,13)8-3-4-14-6-7(8)9(16)2-1-5-15/h3-4,6,9,15-16H,1-2,5H2. The molecule has 0 saturated carbocycles. The molecule has 0 fully saturated rings. The molecular weight excluding hydrogens is 223 g/mol. The van der Waals surface area contributed by atoms with E-state index >= 15 is 0 Å². The summed E-state index contributed by atoms with van der Waals surface area (Å²) in [6, 6.07) is 0.831. The average molecular weight is 235 g/mol. The van der Waals surface area contributed by atoms with Crippen LogP contribution in [0.5, 0.6) is 0 Å². The van der Waals surface area contributed by atoms with Crippen LogP contribution in [0.25, 0.3) is 0 Å². The third-order valence-corrected chi connectivity index (χ3v) is 2.15. The van der Waals surface area contributed by atoms with Crippen molar-refractivity contribution in [3.63, 3.8) is 0 Å². The molecule has 16 heavy (non-hydrogen) atoms. The van der Waals surface area contributed by atoms with Crippen molar-refractivity contribution in [1.29, 1.82) is 0 Å². The number of alkyl halides is 3. The number of hydrogen-bond acceptors (Lipinski definition) is 3. The van der Waals surface area contributed by atoms with E-state index in [9.17, 15) is 18.3 Å². The summed E-state index contributed by atoms with van der Waals surface area (Å²) < 4.78 is 37.6. The maximum Gasteiger partial charge on any atom is 0.416 e. The van der Waals surface area contributed by atoms with Gasteiger partial charge < -0.3 is 10.2 Å². The van der Waals surface area contributed by atoms with Gasteiger partial charge in [0.25, 0.3) is 0 Å². The maximum atomic E-state index is 12.5. The van der Waals surface area contributed by atoms with Gasteiger partial charge in [-0.25, -0.2) is 0 Å². The highest BCUT2D eigenvalue weighted by atomic mass is 19.4. The van der Waals surface area contributed by atoms with Crippen LogP contribution in [0.4, 0.5) is 13.2 Å². The van der Waals surface area contributed by atoms with Gasteiger partial charge in [0.15, 0.2) is 0 Å². The molecule has 0 aromatic carbocycles. The molecule has 1 heterocycles. The monoisotopic (exact) mass is 235 g/mol. The molecule has 0 aliphatic carbocycles. The molecule has 0 amide bonds. The largest absolute Gasteiger partial charge is 0.416 e. The normalized spacial score (nSPS) is 13.8. The van der Waals surface area contributed by atoms with Crippen LogP contribution in [0.15, 0.2) is 18.5 Å². The number of pyridine rings is 1. The van der Waals surface area contributed by atoms with Gasteiger partial charge in [-0.15, -0.1) is 0 Å². The third-order valence-electron chi connectivity index (χ3n) is 2.15. The minimum Gasteiger partial charge on any atom is -0.396 e. The summed E-state index contributed by atoms with van der Waals surface area (Å²) >= 11 is 0. The lowest BCUT2D eigenvalue weighted by Gasteiger charge is -2.16. The van der Waals surface area contributed by atoms with E-state index in [-0.39, 0.29) is 25.0 Å². The first-order valence-electron chi connectivity index (χ1n) is 4.77. The Morgan fingerprint density at radius 3 is 2.62 bits per heavy atom. The summed E-state index contributed by atoms with van der Waals surface area (Å²) in [6.45, 7) is -0.168.